The lowest BCUT2D eigenvalue weighted by atomic mass is 9.86. The summed E-state index contributed by atoms with van der Waals surface area (Å²) in [4.78, 5) is 8.86. The molecule has 0 aliphatic heterocycles. The number of nitrogens with one attached hydrogen (secondary N) is 1. The van der Waals surface area contributed by atoms with Gasteiger partial charge in [0.25, 0.3) is 0 Å². The van der Waals surface area contributed by atoms with Crippen molar-refractivity contribution >= 4 is 29.9 Å². The van der Waals surface area contributed by atoms with Gasteiger partial charge in [0, 0.05) is 25.1 Å². The van der Waals surface area contributed by atoms with E-state index in [9.17, 15) is 0 Å². The van der Waals surface area contributed by atoms with Crippen molar-refractivity contribution in [3.63, 3.8) is 0 Å². The van der Waals surface area contributed by atoms with Crippen molar-refractivity contribution < 1.29 is 9.26 Å². The van der Waals surface area contributed by atoms with E-state index < -0.39 is 0 Å². The Kier molecular flexibility index (Phi) is 9.52. The Morgan fingerprint density at radius 2 is 2.04 bits per heavy atom. The Labute approximate surface area is 183 Å². The minimum absolute atomic E-state index is 0. The zero-order valence-corrected chi connectivity index (χ0v) is 18.7. The summed E-state index contributed by atoms with van der Waals surface area (Å²) in [7, 11) is 1.65. The second-order valence-electron chi connectivity index (χ2n) is 7.00. The summed E-state index contributed by atoms with van der Waals surface area (Å²) < 4.78 is 10.5. The van der Waals surface area contributed by atoms with Crippen LogP contribution >= 0.6 is 24.0 Å². The summed E-state index contributed by atoms with van der Waals surface area (Å²) in [5.41, 5.74) is 6.80. The van der Waals surface area contributed by atoms with Gasteiger partial charge in [-0.2, -0.15) is 4.98 Å². The van der Waals surface area contributed by atoms with E-state index in [1.807, 2.05) is 24.3 Å². The van der Waals surface area contributed by atoms with Gasteiger partial charge in [-0.1, -0.05) is 18.0 Å². The van der Waals surface area contributed by atoms with Gasteiger partial charge < -0.3 is 20.3 Å². The average Bonchev–Trinajstić information content (AvgIpc) is 3.12. The number of ether oxygens (including phenoxy) is 1. The predicted octanol–water partition coefficient (Wildman–Crippen LogP) is 3.78. The number of nitrogens with zero attached hydrogens (tertiary/aromatic N) is 3. The van der Waals surface area contributed by atoms with Gasteiger partial charge in [-0.05, 0) is 55.9 Å². The van der Waals surface area contributed by atoms with Crippen LogP contribution in [0.1, 0.15) is 44.4 Å². The third-order valence-electron chi connectivity index (χ3n) is 4.93. The number of aryl methyl sites for hydroxylation is 1. The highest BCUT2D eigenvalue weighted by molar-refractivity contribution is 14.0. The van der Waals surface area contributed by atoms with Gasteiger partial charge in [0.1, 0.15) is 5.75 Å². The third kappa shape index (κ3) is 6.96. The number of hydrogen-bond acceptors (Lipinski definition) is 5. The molecule has 3 rings (SSSR count). The molecule has 0 saturated heterocycles. The molecule has 1 heterocycles. The van der Waals surface area contributed by atoms with Crippen molar-refractivity contribution in [2.45, 2.75) is 44.9 Å². The van der Waals surface area contributed by atoms with Crippen LogP contribution in [0.3, 0.4) is 0 Å². The van der Waals surface area contributed by atoms with Gasteiger partial charge in [-0.3, -0.25) is 4.99 Å². The van der Waals surface area contributed by atoms with E-state index in [-0.39, 0.29) is 24.0 Å². The molecular formula is C20H30IN5O2. The number of unbranched alkanes of at least 4 members (excludes halogenated alkanes) is 2. The number of guanidine groups is 1. The Morgan fingerprint density at radius 1 is 1.25 bits per heavy atom. The zero-order chi connectivity index (χ0) is 18.9. The molecule has 7 nitrogen and oxygen atoms in total. The minimum atomic E-state index is 0. The average molecular weight is 499 g/mol. The van der Waals surface area contributed by atoms with Gasteiger partial charge in [0.15, 0.2) is 5.96 Å². The van der Waals surface area contributed by atoms with Crippen LogP contribution < -0.4 is 15.8 Å². The van der Waals surface area contributed by atoms with Crippen molar-refractivity contribution in [3.8, 4) is 17.1 Å². The Balaban J connectivity index is 0.00000280. The summed E-state index contributed by atoms with van der Waals surface area (Å²) in [5, 5.41) is 7.24. The van der Waals surface area contributed by atoms with Gasteiger partial charge in [0.2, 0.25) is 11.7 Å². The fourth-order valence-corrected chi connectivity index (χ4v) is 2.97. The molecule has 1 aromatic heterocycles. The first-order valence-electron chi connectivity index (χ1n) is 9.75. The fourth-order valence-electron chi connectivity index (χ4n) is 2.97. The van der Waals surface area contributed by atoms with E-state index in [2.05, 4.69) is 20.4 Å². The predicted molar refractivity (Wildman–Crippen MR) is 121 cm³/mol. The summed E-state index contributed by atoms with van der Waals surface area (Å²) in [5.74, 6) is 3.43. The van der Waals surface area contributed by atoms with Gasteiger partial charge in [-0.25, -0.2) is 0 Å². The van der Waals surface area contributed by atoms with Gasteiger partial charge in [-0.15, -0.1) is 24.0 Å². The highest BCUT2D eigenvalue weighted by Gasteiger charge is 2.16. The van der Waals surface area contributed by atoms with E-state index in [0.29, 0.717) is 17.7 Å². The van der Waals surface area contributed by atoms with Crippen LogP contribution in [0.4, 0.5) is 0 Å². The molecule has 1 saturated carbocycles. The monoisotopic (exact) mass is 499 g/mol. The van der Waals surface area contributed by atoms with E-state index in [1.165, 1.54) is 19.3 Å². The standard InChI is InChI=1S/C20H29N5O2.HI/c1-26-17-11-9-16(10-12-17)19-24-18(27-25-19)8-3-2-4-13-22-20(21)23-14-15-6-5-7-15;/h9-12,15H,2-8,13-14H2,1H3,(H3,21,22,23);1H. The number of methoxy groups -OCH3 is 1. The van der Waals surface area contributed by atoms with Crippen molar-refractivity contribution in [1.29, 1.82) is 0 Å². The molecule has 1 fully saturated rings. The van der Waals surface area contributed by atoms with Crippen LogP contribution in [-0.2, 0) is 6.42 Å². The molecule has 3 N–H and O–H groups in total. The number of nitrogens with two attached hydrogens (primary N) is 1. The van der Waals surface area contributed by atoms with Crippen LogP contribution in [0.2, 0.25) is 0 Å². The van der Waals surface area contributed by atoms with Crippen molar-refractivity contribution in [2.75, 3.05) is 20.2 Å². The summed E-state index contributed by atoms with van der Waals surface area (Å²) >= 11 is 0. The smallest absolute Gasteiger partial charge is 0.226 e. The number of halogens is 1. The zero-order valence-electron chi connectivity index (χ0n) is 16.4. The summed E-state index contributed by atoms with van der Waals surface area (Å²) in [6, 6.07) is 7.63. The van der Waals surface area contributed by atoms with E-state index in [1.54, 1.807) is 7.11 Å². The topological polar surface area (TPSA) is 98.6 Å². The largest absolute Gasteiger partial charge is 0.497 e. The first-order valence-corrected chi connectivity index (χ1v) is 9.75. The molecule has 0 spiro atoms. The Hall–Kier alpha value is -1.84. The van der Waals surface area contributed by atoms with E-state index in [0.717, 1.165) is 56.0 Å². The van der Waals surface area contributed by atoms with Crippen LogP contribution in [0.25, 0.3) is 11.4 Å². The Bertz CT molecular complexity index is 728. The van der Waals surface area contributed by atoms with E-state index in [4.69, 9.17) is 15.0 Å². The molecule has 1 aliphatic carbocycles. The molecule has 0 atom stereocenters. The summed E-state index contributed by atoms with van der Waals surface area (Å²) in [6.45, 7) is 1.72. The molecule has 154 valence electrons. The molecule has 1 aromatic carbocycles. The van der Waals surface area contributed by atoms with Crippen molar-refractivity contribution in [2.24, 2.45) is 16.6 Å². The number of aliphatic imine (C=N–C) groups is 1. The second-order valence-corrected chi connectivity index (χ2v) is 7.00. The molecule has 1 aliphatic rings. The number of aromatic nitrogens is 2. The van der Waals surface area contributed by atoms with E-state index >= 15 is 0 Å². The molecular weight excluding hydrogens is 469 g/mol. The quantitative estimate of drug-likeness (QED) is 0.224. The molecule has 0 bridgehead atoms. The molecule has 0 radical (unpaired) electrons. The third-order valence-corrected chi connectivity index (χ3v) is 4.93. The molecule has 0 unspecified atom stereocenters. The highest BCUT2D eigenvalue weighted by Crippen LogP contribution is 2.26. The molecule has 8 heteroatoms. The lowest BCUT2D eigenvalue weighted by Crippen LogP contribution is -2.33. The van der Waals surface area contributed by atoms with Crippen molar-refractivity contribution in [1.82, 2.24) is 15.5 Å². The molecule has 0 amide bonds. The summed E-state index contributed by atoms with van der Waals surface area (Å²) in [6.07, 6.45) is 7.84. The van der Waals surface area contributed by atoms with Gasteiger partial charge in [0.05, 0.1) is 7.11 Å². The minimum Gasteiger partial charge on any atom is -0.497 e. The highest BCUT2D eigenvalue weighted by atomic mass is 127. The van der Waals surface area contributed by atoms with Crippen molar-refractivity contribution in [3.05, 3.63) is 30.2 Å². The molecule has 28 heavy (non-hydrogen) atoms. The second kappa shape index (κ2) is 11.9. The lowest BCUT2D eigenvalue weighted by molar-refractivity contribution is 0.326. The maximum Gasteiger partial charge on any atom is 0.226 e. The lowest BCUT2D eigenvalue weighted by Gasteiger charge is -2.23. The number of rotatable bonds is 10. The molecule has 2 aromatic rings. The van der Waals surface area contributed by atoms with Crippen LogP contribution in [0, 0.1) is 5.92 Å². The van der Waals surface area contributed by atoms with Crippen LogP contribution in [0.5, 0.6) is 5.75 Å². The maximum atomic E-state index is 5.88. The SMILES string of the molecule is COc1ccc(-c2noc(CCCCCNC(N)=NCC3CCC3)n2)cc1.I. The van der Waals surface area contributed by atoms with Crippen LogP contribution in [0.15, 0.2) is 33.8 Å². The maximum absolute atomic E-state index is 5.88. The first-order chi connectivity index (χ1) is 13.2. The normalized spacial score (nSPS) is 14.2. The van der Waals surface area contributed by atoms with Crippen LogP contribution in [-0.4, -0.2) is 36.3 Å². The Morgan fingerprint density at radius 3 is 2.71 bits per heavy atom. The first kappa shape index (κ1) is 22.4. The fraction of sp³-hybridized carbons (Fsp3) is 0.550. The number of benzene rings is 1. The van der Waals surface area contributed by atoms with Gasteiger partial charge >= 0.3 is 0 Å². The number of hydrogen-bond donors (Lipinski definition) is 2.